The summed E-state index contributed by atoms with van der Waals surface area (Å²) in [6, 6.07) is 3.61. The molecule has 0 radical (unpaired) electrons. The van der Waals surface area contributed by atoms with Gasteiger partial charge in [-0.15, -0.1) is 0 Å². The van der Waals surface area contributed by atoms with E-state index in [2.05, 4.69) is 5.16 Å². The summed E-state index contributed by atoms with van der Waals surface area (Å²) < 4.78 is 6.98. The van der Waals surface area contributed by atoms with Crippen LogP contribution in [-0.2, 0) is 16.1 Å². The number of oxime groups is 1. The molecule has 0 atom stereocenters. The summed E-state index contributed by atoms with van der Waals surface area (Å²) in [5.41, 5.74) is 0.745. The molecule has 6 heteroatoms. The fourth-order valence-corrected chi connectivity index (χ4v) is 1.85. The Morgan fingerprint density at radius 1 is 1.56 bits per heavy atom. The molecule has 0 spiro atoms. The maximum Gasteiger partial charge on any atom is 0.288 e. The quantitative estimate of drug-likeness (QED) is 0.345. The second-order valence-corrected chi connectivity index (χ2v) is 4.05. The lowest BCUT2D eigenvalue weighted by atomic mass is 10.3. The smallest absolute Gasteiger partial charge is 0.288 e. The van der Waals surface area contributed by atoms with Crippen molar-refractivity contribution in [2.45, 2.75) is 6.54 Å². The monoisotopic (exact) mass is 250 g/mol. The average molecular weight is 250 g/mol. The van der Waals surface area contributed by atoms with Gasteiger partial charge in [0, 0.05) is 19.2 Å². The second kappa shape index (κ2) is 6.11. The van der Waals surface area contributed by atoms with E-state index in [1.807, 2.05) is 12.3 Å². The number of rotatable bonds is 3. The molecule has 1 aliphatic rings. The van der Waals surface area contributed by atoms with Crippen LogP contribution in [0.5, 0.6) is 0 Å². The maximum atomic E-state index is 12.0. The number of aromatic nitrogens is 1. The van der Waals surface area contributed by atoms with Gasteiger partial charge in [0.05, 0.1) is 25.0 Å². The highest BCUT2D eigenvalue weighted by Gasteiger charge is 2.20. The van der Waals surface area contributed by atoms with Gasteiger partial charge < -0.3 is 14.8 Å². The number of nitrogens with zero attached hydrogens (tertiary/aromatic N) is 3. The number of carbonyl (C=O) groups is 1. The van der Waals surface area contributed by atoms with Crippen molar-refractivity contribution in [1.29, 1.82) is 0 Å². The average Bonchev–Trinajstić information content (AvgIpc) is 2.40. The summed E-state index contributed by atoms with van der Waals surface area (Å²) in [5, 5.41) is 11.4. The molecule has 0 aromatic carbocycles. The first-order valence-corrected chi connectivity index (χ1v) is 5.81. The lowest BCUT2D eigenvalue weighted by Gasteiger charge is -2.25. The number of hydrogen-bond donors (Lipinski definition) is 1. The highest BCUT2D eigenvalue weighted by molar-refractivity contribution is 5.78. The molecule has 1 saturated heterocycles. The van der Waals surface area contributed by atoms with E-state index >= 15 is 0 Å². The van der Waals surface area contributed by atoms with E-state index in [9.17, 15) is 4.79 Å². The fourth-order valence-electron chi connectivity index (χ4n) is 1.85. The van der Waals surface area contributed by atoms with Crippen LogP contribution in [0.15, 0.2) is 29.7 Å². The predicted octanol–water partition coefficient (Wildman–Crippen LogP) is -0.359. The minimum atomic E-state index is 0.0707. The van der Waals surface area contributed by atoms with Crippen LogP contribution < -0.4 is 4.57 Å². The minimum Gasteiger partial charge on any atom is -0.411 e. The number of hydrogen-bond acceptors (Lipinski definition) is 4. The number of ether oxygens (including phenoxy) is 1. The Morgan fingerprint density at radius 2 is 2.33 bits per heavy atom. The van der Waals surface area contributed by atoms with Crippen molar-refractivity contribution in [3.05, 3.63) is 30.1 Å². The Morgan fingerprint density at radius 3 is 3.06 bits per heavy atom. The van der Waals surface area contributed by atoms with Crippen molar-refractivity contribution in [3.8, 4) is 0 Å². The molecule has 1 N–H and O–H groups in total. The van der Waals surface area contributed by atoms with Crippen LogP contribution in [0.25, 0.3) is 0 Å². The first-order chi connectivity index (χ1) is 8.79. The lowest BCUT2D eigenvalue weighted by Crippen LogP contribution is -2.48. The van der Waals surface area contributed by atoms with E-state index in [0.29, 0.717) is 26.3 Å². The normalized spacial score (nSPS) is 16.1. The van der Waals surface area contributed by atoms with Crippen LogP contribution in [-0.4, -0.2) is 48.5 Å². The summed E-state index contributed by atoms with van der Waals surface area (Å²) in [6.07, 6.45) is 4.90. The first kappa shape index (κ1) is 12.5. The van der Waals surface area contributed by atoms with Gasteiger partial charge in [0.2, 0.25) is 6.54 Å². The highest BCUT2D eigenvalue weighted by Crippen LogP contribution is 1.98. The Bertz CT molecular complexity index is 442. The van der Waals surface area contributed by atoms with Crippen molar-refractivity contribution >= 4 is 12.1 Å². The zero-order valence-corrected chi connectivity index (χ0v) is 10.0. The van der Waals surface area contributed by atoms with Gasteiger partial charge in [0.1, 0.15) is 0 Å². The molecule has 0 bridgehead atoms. The molecule has 2 heterocycles. The van der Waals surface area contributed by atoms with E-state index < -0.39 is 0 Å². The summed E-state index contributed by atoms with van der Waals surface area (Å²) >= 11 is 0. The number of amides is 1. The van der Waals surface area contributed by atoms with Crippen LogP contribution in [0.3, 0.4) is 0 Å². The molecule has 0 aliphatic carbocycles. The summed E-state index contributed by atoms with van der Waals surface area (Å²) in [4.78, 5) is 13.8. The predicted molar refractivity (Wildman–Crippen MR) is 63.4 cm³/mol. The molecule has 18 heavy (non-hydrogen) atoms. The molecule has 0 saturated carbocycles. The summed E-state index contributed by atoms with van der Waals surface area (Å²) in [6.45, 7) is 2.79. The fraction of sp³-hybridized carbons (Fsp3) is 0.417. The third-order valence-electron chi connectivity index (χ3n) is 2.77. The Labute approximate surface area is 105 Å². The zero-order chi connectivity index (χ0) is 12.8. The van der Waals surface area contributed by atoms with Gasteiger partial charge in [-0.3, -0.25) is 4.79 Å². The van der Waals surface area contributed by atoms with Crippen molar-refractivity contribution in [3.63, 3.8) is 0 Å². The molecule has 1 aromatic heterocycles. The third kappa shape index (κ3) is 3.27. The van der Waals surface area contributed by atoms with Gasteiger partial charge in [-0.1, -0.05) is 5.16 Å². The Kier molecular flexibility index (Phi) is 4.25. The standard InChI is InChI=1S/C12H15N3O3/c16-12(15-4-6-18-7-5-15)10-14-3-1-2-11(9-14)8-13-17/h1-3,8-9H,4-7,10H2/p+1. The van der Waals surface area contributed by atoms with Crippen molar-refractivity contribution in [2.24, 2.45) is 5.16 Å². The highest BCUT2D eigenvalue weighted by atomic mass is 16.5. The van der Waals surface area contributed by atoms with E-state index in [0.717, 1.165) is 5.56 Å². The molecule has 1 amide bonds. The molecule has 0 unspecified atom stereocenters. The van der Waals surface area contributed by atoms with Crippen LogP contribution in [0, 0.1) is 0 Å². The van der Waals surface area contributed by atoms with Gasteiger partial charge in [-0.2, -0.15) is 4.57 Å². The molecule has 1 aromatic rings. The van der Waals surface area contributed by atoms with E-state index in [4.69, 9.17) is 9.94 Å². The topological polar surface area (TPSA) is 66.0 Å². The van der Waals surface area contributed by atoms with Crippen molar-refractivity contribution in [1.82, 2.24) is 4.90 Å². The summed E-state index contributed by atoms with van der Waals surface area (Å²) in [7, 11) is 0. The Hall–Kier alpha value is -1.95. The number of carbonyl (C=O) groups excluding carboxylic acids is 1. The van der Waals surface area contributed by atoms with Gasteiger partial charge in [0.15, 0.2) is 12.4 Å². The molecule has 6 nitrogen and oxygen atoms in total. The van der Waals surface area contributed by atoms with Crippen molar-refractivity contribution < 1.29 is 19.3 Å². The second-order valence-electron chi connectivity index (χ2n) is 4.05. The largest absolute Gasteiger partial charge is 0.411 e. The molecule has 1 aliphatic heterocycles. The molecular weight excluding hydrogens is 234 g/mol. The zero-order valence-electron chi connectivity index (χ0n) is 10.0. The Balaban J connectivity index is 1.99. The third-order valence-corrected chi connectivity index (χ3v) is 2.77. The molecule has 2 rings (SSSR count). The van der Waals surface area contributed by atoms with E-state index in [-0.39, 0.29) is 12.5 Å². The van der Waals surface area contributed by atoms with Gasteiger partial charge in [-0.25, -0.2) is 0 Å². The van der Waals surface area contributed by atoms with Crippen LogP contribution in [0.1, 0.15) is 5.56 Å². The van der Waals surface area contributed by atoms with Gasteiger partial charge >= 0.3 is 0 Å². The summed E-state index contributed by atoms with van der Waals surface area (Å²) in [5.74, 6) is 0.0707. The van der Waals surface area contributed by atoms with Gasteiger partial charge in [-0.05, 0) is 6.07 Å². The number of pyridine rings is 1. The maximum absolute atomic E-state index is 12.0. The van der Waals surface area contributed by atoms with Crippen LogP contribution in [0.4, 0.5) is 0 Å². The van der Waals surface area contributed by atoms with E-state index in [1.165, 1.54) is 6.21 Å². The first-order valence-electron chi connectivity index (χ1n) is 5.81. The van der Waals surface area contributed by atoms with E-state index in [1.54, 1.807) is 21.7 Å². The number of morpholine rings is 1. The molecule has 96 valence electrons. The molecule has 1 fully saturated rings. The van der Waals surface area contributed by atoms with Gasteiger partial charge in [0.25, 0.3) is 5.91 Å². The van der Waals surface area contributed by atoms with Crippen molar-refractivity contribution in [2.75, 3.05) is 26.3 Å². The van der Waals surface area contributed by atoms with Crippen LogP contribution in [0.2, 0.25) is 0 Å². The lowest BCUT2D eigenvalue weighted by molar-refractivity contribution is -0.685. The molecular formula is C12H16N3O3+. The van der Waals surface area contributed by atoms with Crippen LogP contribution >= 0.6 is 0 Å². The minimum absolute atomic E-state index is 0.0707. The SMILES string of the molecule is O=C(C[n+]1cccc(C=NO)c1)N1CCOCC1.